The third kappa shape index (κ3) is 14.7. The van der Waals surface area contributed by atoms with Crippen LogP contribution in [0.3, 0.4) is 0 Å². The van der Waals surface area contributed by atoms with Gasteiger partial charge >= 0.3 is 11.9 Å². The zero-order chi connectivity index (χ0) is 65.0. The highest BCUT2D eigenvalue weighted by Crippen LogP contribution is 2.45. The van der Waals surface area contributed by atoms with Gasteiger partial charge in [-0.05, 0) is 79.1 Å². The lowest BCUT2D eigenvalue weighted by atomic mass is 9.81. The zero-order valence-electron chi connectivity index (χ0n) is 48.1. The molecule has 4 fully saturated rings. The first-order valence-electron chi connectivity index (χ1n) is 28.1. The molecule has 16 N–H and O–H groups in total. The van der Waals surface area contributed by atoms with Gasteiger partial charge in [0.2, 0.25) is 18.3 Å². The van der Waals surface area contributed by atoms with Crippen LogP contribution < -0.4 is 14.2 Å². The predicted octanol–water partition coefficient (Wildman–Crippen LogP) is -1.99. The summed E-state index contributed by atoms with van der Waals surface area (Å²) in [6.45, 7) is -0.448. The minimum absolute atomic E-state index is 0.0984. The van der Waals surface area contributed by atoms with Crippen molar-refractivity contribution < 1.29 is 148 Å². The van der Waals surface area contributed by atoms with Crippen LogP contribution in [0.1, 0.15) is 30.0 Å². The van der Waals surface area contributed by atoms with Crippen molar-refractivity contribution in [1.29, 1.82) is 0 Å². The maximum absolute atomic E-state index is 13.1. The molecule has 9 rings (SSSR count). The molecule has 21 atom stereocenters. The Morgan fingerprint density at radius 3 is 1.82 bits per heavy atom. The number of carbonyl (C=O) groups is 2. The molecular weight excluding hydrogens is 1200 g/mol. The van der Waals surface area contributed by atoms with Crippen LogP contribution >= 0.6 is 0 Å². The lowest BCUT2D eigenvalue weighted by Crippen LogP contribution is -2.61. The summed E-state index contributed by atoms with van der Waals surface area (Å²) in [5.74, 6) is -5.00. The molecule has 1 saturated carbocycles. The van der Waals surface area contributed by atoms with Gasteiger partial charge in [0.15, 0.2) is 46.9 Å². The summed E-state index contributed by atoms with van der Waals surface area (Å²) in [5.41, 5.74) is 0.988. The zero-order valence-corrected chi connectivity index (χ0v) is 48.1. The van der Waals surface area contributed by atoms with E-state index in [2.05, 4.69) is 0 Å². The second-order valence-electron chi connectivity index (χ2n) is 21.8. The number of carbonyl (C=O) groups excluding carboxylic acids is 2. The lowest BCUT2D eigenvalue weighted by molar-refractivity contribution is -0.323. The van der Waals surface area contributed by atoms with Crippen molar-refractivity contribution in [2.45, 2.75) is 136 Å². The Morgan fingerprint density at radius 2 is 1.19 bits per heavy atom. The lowest BCUT2D eigenvalue weighted by Gasteiger charge is -2.43. The normalized spacial score (nSPS) is 34.5. The van der Waals surface area contributed by atoms with Gasteiger partial charge in [-0.3, -0.25) is 0 Å². The van der Waals surface area contributed by atoms with Crippen LogP contribution in [0.25, 0.3) is 17.9 Å². The molecule has 30 nitrogen and oxygen atoms in total. The van der Waals surface area contributed by atoms with E-state index in [0.29, 0.717) is 11.1 Å². The van der Waals surface area contributed by atoms with Crippen LogP contribution in [0.15, 0.2) is 108 Å². The van der Waals surface area contributed by atoms with Crippen LogP contribution in [0.5, 0.6) is 34.5 Å². The Labute approximate surface area is 511 Å². The minimum atomic E-state index is -2.01. The molecular formula is C60H70O30. The third-order valence-electron chi connectivity index (χ3n) is 15.7. The molecule has 2 aliphatic carbocycles. The van der Waals surface area contributed by atoms with E-state index < -0.39 is 172 Å². The number of methoxy groups -OCH3 is 2. The van der Waals surface area contributed by atoms with Crippen LogP contribution in [0.2, 0.25) is 0 Å². The highest BCUT2D eigenvalue weighted by Gasteiger charge is 2.51. The maximum atomic E-state index is 13.1. The first kappa shape index (κ1) is 66.8. The Hall–Kier alpha value is -7.60. The molecule has 0 aromatic heterocycles. The number of aliphatic hydroxyl groups excluding tert-OH is 13. The Balaban J connectivity index is 0.815. The summed E-state index contributed by atoms with van der Waals surface area (Å²) in [4.78, 5) is 25.5. The van der Waals surface area contributed by atoms with Gasteiger partial charge < -0.3 is 139 Å². The second kappa shape index (κ2) is 28.7. The molecule has 21 unspecified atom stereocenters. The smallest absolute Gasteiger partial charge is 0.331 e. The van der Waals surface area contributed by atoms with Gasteiger partial charge in [-0.2, -0.15) is 0 Å². The number of aliphatic hydroxyl groups is 13. The summed E-state index contributed by atoms with van der Waals surface area (Å²) in [6.07, 6.45) is -24.6. The molecule has 0 spiro atoms. The van der Waals surface area contributed by atoms with E-state index in [9.17, 15) is 91.3 Å². The van der Waals surface area contributed by atoms with Gasteiger partial charge in [0.05, 0.1) is 33.0 Å². The van der Waals surface area contributed by atoms with E-state index >= 15 is 0 Å². The molecule has 0 amide bonds. The van der Waals surface area contributed by atoms with Crippen molar-refractivity contribution in [2.24, 2.45) is 5.92 Å². The van der Waals surface area contributed by atoms with Crippen molar-refractivity contribution in [3.8, 4) is 34.5 Å². The van der Waals surface area contributed by atoms with E-state index in [0.717, 1.165) is 18.2 Å². The van der Waals surface area contributed by atoms with Gasteiger partial charge in [-0.15, -0.1) is 0 Å². The third-order valence-corrected chi connectivity index (χ3v) is 15.7. The number of esters is 2. The molecule has 3 aromatic rings. The minimum Gasteiger partial charge on any atom is -0.508 e. The molecule has 30 heteroatoms. The van der Waals surface area contributed by atoms with Gasteiger partial charge in [-0.1, -0.05) is 18.2 Å². The van der Waals surface area contributed by atoms with E-state index in [4.69, 9.17) is 56.8 Å². The molecule has 6 aliphatic rings. The summed E-state index contributed by atoms with van der Waals surface area (Å²) >= 11 is 0. The predicted molar refractivity (Wildman–Crippen MR) is 300 cm³/mol. The number of hydrogen-bond acceptors (Lipinski definition) is 30. The number of phenols is 3. The molecule has 0 bridgehead atoms. The summed E-state index contributed by atoms with van der Waals surface area (Å²) < 4.78 is 69.0. The summed E-state index contributed by atoms with van der Waals surface area (Å²) in [6, 6.07) is 12.3. The molecule has 4 heterocycles. The molecule has 3 saturated heterocycles. The quantitative estimate of drug-likeness (QED) is 0.0331. The number of benzene rings is 3. The number of hydrogen-bond donors (Lipinski definition) is 16. The van der Waals surface area contributed by atoms with E-state index in [1.165, 1.54) is 100 Å². The van der Waals surface area contributed by atoms with Gasteiger partial charge in [0.25, 0.3) is 0 Å². The number of aromatic hydroxyl groups is 3. The van der Waals surface area contributed by atoms with Crippen molar-refractivity contribution in [2.75, 3.05) is 34.0 Å². The highest BCUT2D eigenvalue weighted by atomic mass is 16.7. The number of phenolic OH excluding ortho intramolecular Hbond substituents is 3. The fraction of sp³-hybridized carbons (Fsp3) is 0.467. The van der Waals surface area contributed by atoms with Crippen LogP contribution in [-0.4, -0.2) is 250 Å². The Kier molecular flexibility index (Phi) is 21.3. The SMILES string of the molecule is COc1cc(C2=C(OC3OC(COC4OC(C)C(OC(=O)/C=C/c5ccc(OC6OC(COC(=O)/C=C/c7ccc(O)c(O)c7)C(O)C(O)C6O)cc5)C(O)C4O)C(O)C(O)C3O)C=C3C(OC4CC(CO)C(O)C(O)C4O)=CC(O)=CC3O2)cc(OC)c1O. The molecule has 3 aromatic carbocycles. The molecule has 4 aliphatic heterocycles. The number of allylic oxidation sites excluding steroid dienone is 2. The first-order valence-corrected chi connectivity index (χ1v) is 28.1. The Bertz CT molecular complexity index is 3190. The molecule has 0 radical (unpaired) electrons. The average molecular weight is 1270 g/mol. The monoisotopic (exact) mass is 1270 g/mol. The van der Waals surface area contributed by atoms with Crippen molar-refractivity contribution >= 4 is 29.8 Å². The molecule has 490 valence electrons. The molecule has 90 heavy (non-hydrogen) atoms. The van der Waals surface area contributed by atoms with Gasteiger partial charge in [-0.25, -0.2) is 9.59 Å². The largest absolute Gasteiger partial charge is 0.508 e. The van der Waals surface area contributed by atoms with Gasteiger partial charge in [0, 0.05) is 48.0 Å². The van der Waals surface area contributed by atoms with Crippen molar-refractivity contribution in [1.82, 2.24) is 0 Å². The summed E-state index contributed by atoms with van der Waals surface area (Å²) in [5, 5.41) is 170. The van der Waals surface area contributed by atoms with E-state index in [-0.39, 0.29) is 63.6 Å². The van der Waals surface area contributed by atoms with Crippen molar-refractivity contribution in [3.63, 3.8) is 0 Å². The van der Waals surface area contributed by atoms with Crippen molar-refractivity contribution in [3.05, 3.63) is 125 Å². The second-order valence-corrected chi connectivity index (χ2v) is 21.8. The van der Waals surface area contributed by atoms with Crippen LogP contribution in [0.4, 0.5) is 0 Å². The average Bonchev–Trinajstić information content (AvgIpc) is 0.781. The van der Waals surface area contributed by atoms with E-state index in [1.54, 1.807) is 0 Å². The number of fused-ring (bicyclic) bond motifs is 1. The Morgan fingerprint density at radius 1 is 0.600 bits per heavy atom. The first-order chi connectivity index (χ1) is 42.9. The highest BCUT2D eigenvalue weighted by molar-refractivity contribution is 5.88. The number of rotatable bonds is 20. The standard InChI is InChI=1S/C60H70O30/c1-24-56(90-43(66)13-7-25-4-9-30(10-5-25)84-59-53(76)50(73)47(70)40(88-59)22-81-42(65)12-8-26-6-11-32(63)33(64)14-26)52(75)55(78)58(83-24)82-23-41-48(71)51(74)54(77)60(89-41)87-39-20-31-34(85-38-17-28(21-61)44(67)49(72)46(38)69)18-29(62)19-35(31)86-57(39)27-15-36(79-2)45(68)37(16-27)80-3/h4-16,18-20,24,28,35,38,40-41,44,46-56,58-64,67-78H,17,21-23H2,1-3H3/b12-8+,13-7+. The fourth-order valence-electron chi connectivity index (χ4n) is 10.5. The topological polar surface area (TPSA) is 469 Å². The number of ether oxygens (including phenoxy) is 12. The van der Waals surface area contributed by atoms with E-state index in [1.807, 2.05) is 0 Å². The summed E-state index contributed by atoms with van der Waals surface area (Å²) in [7, 11) is 2.53. The van der Waals surface area contributed by atoms with Crippen LogP contribution in [-0.2, 0) is 52.2 Å². The maximum Gasteiger partial charge on any atom is 0.331 e. The van der Waals surface area contributed by atoms with Crippen LogP contribution in [0, 0.1) is 5.92 Å². The fourth-order valence-corrected chi connectivity index (χ4v) is 10.5. The van der Waals surface area contributed by atoms with Gasteiger partial charge in [0.1, 0.15) is 109 Å².